The number of carboxylic acid groups (broad SMARTS) is 1. The monoisotopic (exact) mass is 121 g/mol. The maximum Gasteiger partial charge on any atom is 0.306 e. The third-order valence-corrected chi connectivity index (χ3v) is 1.72. The molecule has 0 spiro atoms. The van der Waals surface area contributed by atoms with Gasteiger partial charge in [-0.15, -0.1) is 0 Å². The zero-order chi connectivity index (χ0) is 6.15. The first-order chi connectivity index (χ1) is 3.70. The van der Waals surface area contributed by atoms with Gasteiger partial charge in [-0.1, -0.05) is 6.92 Å². The molecule has 1 saturated carbocycles. The molecule has 3 heteroatoms. The van der Waals surface area contributed by atoms with Crippen molar-refractivity contribution in [2.24, 2.45) is 11.8 Å². The van der Waals surface area contributed by atoms with Crippen LogP contribution in [0.1, 0.15) is 19.8 Å². The minimum absolute atomic E-state index is 0. The van der Waals surface area contributed by atoms with Crippen LogP contribution in [0.2, 0.25) is 0 Å². The first-order valence-corrected chi connectivity index (χ1v) is 2.93. The van der Waals surface area contributed by atoms with Crippen LogP contribution in [0.3, 0.4) is 0 Å². The minimum atomic E-state index is -0.622. The van der Waals surface area contributed by atoms with Gasteiger partial charge in [0.25, 0.3) is 0 Å². The van der Waals surface area contributed by atoms with Gasteiger partial charge in [-0.25, -0.2) is 0 Å². The summed E-state index contributed by atoms with van der Waals surface area (Å²) in [4.78, 5) is 10.1. The maximum atomic E-state index is 10.1. The van der Waals surface area contributed by atoms with Crippen molar-refractivity contribution < 1.29 is 9.90 Å². The fourth-order valence-corrected chi connectivity index (χ4v) is 1.10. The maximum absolute atomic E-state index is 10.1. The van der Waals surface area contributed by atoms with Crippen LogP contribution in [-0.2, 0) is 4.79 Å². The van der Waals surface area contributed by atoms with Gasteiger partial charge in [0.1, 0.15) is 0 Å². The van der Waals surface area contributed by atoms with Crippen molar-refractivity contribution in [2.45, 2.75) is 19.8 Å². The molecule has 0 atom stereocenters. The van der Waals surface area contributed by atoms with Gasteiger partial charge in [0.05, 0.1) is 5.92 Å². The second-order valence-electron chi connectivity index (χ2n) is 2.61. The van der Waals surface area contributed by atoms with E-state index in [1.807, 2.05) is 0 Å². The van der Waals surface area contributed by atoms with Crippen LogP contribution in [-0.4, -0.2) is 29.9 Å². The van der Waals surface area contributed by atoms with Gasteiger partial charge in [0, 0.05) is 18.9 Å². The topological polar surface area (TPSA) is 37.3 Å². The van der Waals surface area contributed by atoms with Crippen molar-refractivity contribution in [1.29, 1.82) is 0 Å². The number of carbonyl (C=O) groups is 1. The number of hydrogen-bond acceptors (Lipinski definition) is 1. The number of rotatable bonds is 1. The van der Waals surface area contributed by atoms with E-state index in [9.17, 15) is 4.79 Å². The van der Waals surface area contributed by atoms with Crippen LogP contribution in [0.5, 0.6) is 0 Å². The van der Waals surface area contributed by atoms with Crippen molar-refractivity contribution in [1.82, 2.24) is 0 Å². The number of aliphatic carboxylic acids is 1. The molecule has 0 aromatic heterocycles. The molecule has 1 radical (unpaired) electrons. The van der Waals surface area contributed by atoms with E-state index >= 15 is 0 Å². The Kier molecular flexibility index (Phi) is 3.31. The normalized spacial score (nSPS) is 32.1. The molecule has 1 aliphatic rings. The fraction of sp³-hybridized carbons (Fsp3) is 0.833. The van der Waals surface area contributed by atoms with Crippen LogP contribution < -0.4 is 0 Å². The molecule has 2 nitrogen and oxygen atoms in total. The van der Waals surface area contributed by atoms with Gasteiger partial charge in [0.2, 0.25) is 0 Å². The van der Waals surface area contributed by atoms with Gasteiger partial charge in [-0.2, -0.15) is 0 Å². The Labute approximate surface area is 66.8 Å². The molecule has 1 rings (SSSR count). The molecule has 1 aliphatic carbocycles. The smallest absolute Gasteiger partial charge is 0.306 e. The molecule has 1 N–H and O–H groups in total. The quantitative estimate of drug-likeness (QED) is 0.519. The van der Waals surface area contributed by atoms with Gasteiger partial charge in [0.15, 0.2) is 0 Å². The van der Waals surface area contributed by atoms with Gasteiger partial charge < -0.3 is 5.11 Å². The predicted octanol–water partition coefficient (Wildman–Crippen LogP) is 0.736. The molecule has 0 bridgehead atoms. The molecule has 0 aromatic rings. The molecule has 1 fully saturated rings. The third kappa shape index (κ3) is 2.04. The van der Waals surface area contributed by atoms with E-state index in [4.69, 9.17) is 5.11 Å². The summed E-state index contributed by atoms with van der Waals surface area (Å²) in [6.07, 6.45) is 1.77. The van der Waals surface area contributed by atoms with E-state index in [1.165, 1.54) is 0 Å². The standard InChI is InChI=1S/C6H10O2.Li/c1-4-2-5(3-4)6(7)8;/h4-5H,2-3H2,1H3,(H,7,8);. The molecule has 0 aliphatic heterocycles. The summed E-state index contributed by atoms with van der Waals surface area (Å²) in [6.45, 7) is 2.08. The average molecular weight is 121 g/mol. The molecule has 0 saturated heterocycles. The Morgan fingerprint density at radius 2 is 2.00 bits per heavy atom. The zero-order valence-corrected chi connectivity index (χ0v) is 5.92. The third-order valence-electron chi connectivity index (χ3n) is 1.72. The molecule has 0 aromatic carbocycles. The van der Waals surface area contributed by atoms with E-state index in [0.29, 0.717) is 5.92 Å². The molecule has 0 heterocycles. The molecule has 0 amide bonds. The Hall–Kier alpha value is 0.0674. The van der Waals surface area contributed by atoms with Crippen LogP contribution >= 0.6 is 0 Å². The Morgan fingerprint density at radius 1 is 1.56 bits per heavy atom. The summed E-state index contributed by atoms with van der Waals surface area (Å²) in [5, 5.41) is 8.35. The summed E-state index contributed by atoms with van der Waals surface area (Å²) >= 11 is 0. The first-order valence-electron chi connectivity index (χ1n) is 2.93. The second-order valence-corrected chi connectivity index (χ2v) is 2.61. The summed E-state index contributed by atoms with van der Waals surface area (Å²) < 4.78 is 0. The SMILES string of the molecule is CC1CC(C(=O)O)C1.[Li]. The number of carboxylic acids is 1. The summed E-state index contributed by atoms with van der Waals surface area (Å²) in [5.74, 6) is 0.00389. The van der Waals surface area contributed by atoms with Crippen molar-refractivity contribution in [2.75, 3.05) is 0 Å². The van der Waals surface area contributed by atoms with Gasteiger partial charge >= 0.3 is 5.97 Å². The Bertz CT molecular complexity index is 108. The zero-order valence-electron chi connectivity index (χ0n) is 5.92. The molecule has 0 unspecified atom stereocenters. The average Bonchev–Trinajstić information content (AvgIpc) is 1.57. The predicted molar refractivity (Wildman–Crippen MR) is 35.3 cm³/mol. The second kappa shape index (κ2) is 3.29. The Morgan fingerprint density at radius 3 is 2.11 bits per heavy atom. The van der Waals surface area contributed by atoms with Crippen LogP contribution in [0.25, 0.3) is 0 Å². The largest absolute Gasteiger partial charge is 0.481 e. The van der Waals surface area contributed by atoms with E-state index in [1.54, 1.807) is 0 Å². The van der Waals surface area contributed by atoms with Crippen LogP contribution in [0.4, 0.5) is 0 Å². The van der Waals surface area contributed by atoms with Crippen LogP contribution in [0.15, 0.2) is 0 Å². The van der Waals surface area contributed by atoms with Gasteiger partial charge in [-0.05, 0) is 18.8 Å². The summed E-state index contributed by atoms with van der Waals surface area (Å²) in [6, 6.07) is 0. The first kappa shape index (κ1) is 9.07. The van der Waals surface area contributed by atoms with E-state index in [0.717, 1.165) is 12.8 Å². The molecule has 9 heavy (non-hydrogen) atoms. The van der Waals surface area contributed by atoms with Crippen LogP contribution in [0, 0.1) is 11.8 Å². The van der Waals surface area contributed by atoms with E-state index in [-0.39, 0.29) is 24.8 Å². The summed E-state index contributed by atoms with van der Waals surface area (Å²) in [7, 11) is 0. The van der Waals surface area contributed by atoms with Crippen molar-refractivity contribution in [3.63, 3.8) is 0 Å². The molecule has 47 valence electrons. The molecular weight excluding hydrogens is 111 g/mol. The van der Waals surface area contributed by atoms with E-state index in [2.05, 4.69) is 6.92 Å². The number of hydrogen-bond donors (Lipinski definition) is 1. The van der Waals surface area contributed by atoms with Crippen molar-refractivity contribution >= 4 is 24.8 Å². The summed E-state index contributed by atoms with van der Waals surface area (Å²) in [5.41, 5.74) is 0. The van der Waals surface area contributed by atoms with Crippen molar-refractivity contribution in [3.8, 4) is 0 Å². The van der Waals surface area contributed by atoms with Crippen molar-refractivity contribution in [3.05, 3.63) is 0 Å². The minimum Gasteiger partial charge on any atom is -0.481 e. The fourth-order valence-electron chi connectivity index (χ4n) is 1.10. The molecular formula is C6H10LiO2. The van der Waals surface area contributed by atoms with E-state index < -0.39 is 5.97 Å². The Balaban J connectivity index is 0.000000640. The van der Waals surface area contributed by atoms with Gasteiger partial charge in [-0.3, -0.25) is 4.79 Å².